The minimum Gasteiger partial charge on any atom is -0.381 e. The van der Waals surface area contributed by atoms with Crippen LogP contribution in [0.25, 0.3) is 0 Å². The Morgan fingerprint density at radius 3 is 3.05 bits per heavy atom. The Morgan fingerprint density at radius 2 is 2.33 bits per heavy atom. The highest BCUT2D eigenvalue weighted by Gasteiger charge is 2.19. The Labute approximate surface area is 126 Å². The van der Waals surface area contributed by atoms with Crippen molar-refractivity contribution in [2.75, 3.05) is 33.4 Å². The fraction of sp³-hybridized carbons (Fsp3) is 0.769. The Hall–Kier alpha value is -0.960. The van der Waals surface area contributed by atoms with Gasteiger partial charge in [-0.3, -0.25) is 4.68 Å². The van der Waals surface area contributed by atoms with Crippen LogP contribution < -0.4 is 10.0 Å². The molecule has 1 aromatic heterocycles. The molecule has 0 aromatic carbocycles. The first-order valence-electron chi connectivity index (χ1n) is 7.36. The molecule has 0 spiro atoms. The van der Waals surface area contributed by atoms with Crippen molar-refractivity contribution in [3.8, 4) is 0 Å². The topological polar surface area (TPSA) is 85.2 Å². The summed E-state index contributed by atoms with van der Waals surface area (Å²) in [6, 6.07) is 0. The van der Waals surface area contributed by atoms with E-state index in [4.69, 9.17) is 4.74 Å². The summed E-state index contributed by atoms with van der Waals surface area (Å²) in [7, 11) is -1.56. The highest BCUT2D eigenvalue weighted by molar-refractivity contribution is 7.89. The highest BCUT2D eigenvalue weighted by atomic mass is 32.2. The summed E-state index contributed by atoms with van der Waals surface area (Å²) in [4.78, 5) is 0.231. The van der Waals surface area contributed by atoms with Gasteiger partial charge >= 0.3 is 0 Å². The molecule has 0 amide bonds. The van der Waals surface area contributed by atoms with E-state index in [1.54, 1.807) is 10.9 Å². The first kappa shape index (κ1) is 16.4. The summed E-state index contributed by atoms with van der Waals surface area (Å²) in [5.41, 5.74) is 0. The smallest absolute Gasteiger partial charge is 0.243 e. The number of aromatic nitrogens is 2. The first-order valence-corrected chi connectivity index (χ1v) is 8.84. The summed E-state index contributed by atoms with van der Waals surface area (Å²) in [5, 5.41) is 7.14. The van der Waals surface area contributed by atoms with Crippen molar-refractivity contribution in [2.24, 2.45) is 5.92 Å². The molecular formula is C13H24N4O3S. The maximum absolute atomic E-state index is 12.1. The second-order valence-corrected chi connectivity index (χ2v) is 7.08. The zero-order chi connectivity index (χ0) is 15.1. The van der Waals surface area contributed by atoms with Crippen LogP contribution in [0.2, 0.25) is 0 Å². The SMILES string of the molecule is CNCCCn1cc(S(=O)(=O)NCCC2CCOC2)cn1. The van der Waals surface area contributed by atoms with Crippen LogP contribution >= 0.6 is 0 Å². The van der Waals surface area contributed by atoms with Crippen LogP contribution in [-0.2, 0) is 21.3 Å². The molecule has 1 aliphatic rings. The van der Waals surface area contributed by atoms with E-state index in [1.807, 2.05) is 7.05 Å². The van der Waals surface area contributed by atoms with Crippen LogP contribution in [0.3, 0.4) is 0 Å². The molecule has 1 unspecified atom stereocenters. The van der Waals surface area contributed by atoms with Gasteiger partial charge in [0, 0.05) is 32.5 Å². The Bertz CT molecular complexity index is 523. The lowest BCUT2D eigenvalue weighted by atomic mass is 10.1. The predicted octanol–water partition coefficient (Wildman–Crippen LogP) is 0.198. The molecule has 7 nitrogen and oxygen atoms in total. The molecule has 8 heteroatoms. The van der Waals surface area contributed by atoms with E-state index >= 15 is 0 Å². The lowest BCUT2D eigenvalue weighted by molar-refractivity contribution is 0.184. The average molecular weight is 316 g/mol. The molecular weight excluding hydrogens is 292 g/mol. The largest absolute Gasteiger partial charge is 0.381 e. The minimum atomic E-state index is -3.45. The molecule has 1 aromatic rings. The molecule has 1 atom stereocenters. The van der Waals surface area contributed by atoms with Crippen LogP contribution in [0.5, 0.6) is 0 Å². The van der Waals surface area contributed by atoms with Crippen LogP contribution in [0, 0.1) is 5.92 Å². The molecule has 1 fully saturated rings. The van der Waals surface area contributed by atoms with E-state index in [-0.39, 0.29) is 4.90 Å². The maximum atomic E-state index is 12.1. The van der Waals surface area contributed by atoms with Crippen molar-refractivity contribution in [1.82, 2.24) is 19.8 Å². The molecule has 21 heavy (non-hydrogen) atoms. The van der Waals surface area contributed by atoms with E-state index in [0.717, 1.165) is 39.0 Å². The molecule has 1 saturated heterocycles. The highest BCUT2D eigenvalue weighted by Crippen LogP contribution is 2.16. The summed E-state index contributed by atoms with van der Waals surface area (Å²) in [6.45, 7) is 3.56. The van der Waals surface area contributed by atoms with Crippen molar-refractivity contribution >= 4 is 10.0 Å². The van der Waals surface area contributed by atoms with Crippen molar-refractivity contribution in [3.05, 3.63) is 12.4 Å². The standard InChI is InChI=1S/C13H24N4O3S/c1-14-5-2-7-17-10-13(9-15-17)21(18,19)16-6-3-12-4-8-20-11-12/h9-10,12,14,16H,2-8,11H2,1H3. The Morgan fingerprint density at radius 1 is 1.48 bits per heavy atom. The zero-order valence-corrected chi connectivity index (χ0v) is 13.2. The number of hydrogen-bond acceptors (Lipinski definition) is 5. The lowest BCUT2D eigenvalue weighted by Crippen LogP contribution is -2.26. The third kappa shape index (κ3) is 5.06. The van der Waals surface area contributed by atoms with Crippen LogP contribution in [-0.4, -0.2) is 51.5 Å². The van der Waals surface area contributed by atoms with Gasteiger partial charge < -0.3 is 10.1 Å². The van der Waals surface area contributed by atoms with Gasteiger partial charge in [-0.05, 0) is 38.8 Å². The van der Waals surface area contributed by atoms with Gasteiger partial charge in [-0.1, -0.05) is 0 Å². The zero-order valence-electron chi connectivity index (χ0n) is 12.4. The van der Waals surface area contributed by atoms with Gasteiger partial charge in [0.2, 0.25) is 10.0 Å². The Kier molecular flexibility index (Phi) is 6.16. The molecule has 0 saturated carbocycles. The quantitative estimate of drug-likeness (QED) is 0.636. The maximum Gasteiger partial charge on any atom is 0.243 e. The lowest BCUT2D eigenvalue weighted by Gasteiger charge is -2.08. The monoisotopic (exact) mass is 316 g/mol. The number of aryl methyl sites for hydroxylation is 1. The Balaban J connectivity index is 1.80. The summed E-state index contributed by atoms with van der Waals surface area (Å²) >= 11 is 0. The second-order valence-electron chi connectivity index (χ2n) is 5.31. The van der Waals surface area contributed by atoms with Gasteiger partial charge in [0.05, 0.1) is 6.20 Å². The van der Waals surface area contributed by atoms with Crippen molar-refractivity contribution < 1.29 is 13.2 Å². The van der Waals surface area contributed by atoms with Crippen molar-refractivity contribution in [3.63, 3.8) is 0 Å². The number of nitrogens with one attached hydrogen (secondary N) is 2. The number of rotatable bonds is 9. The summed E-state index contributed by atoms with van der Waals surface area (Å²) in [6.07, 6.45) is 5.73. The van der Waals surface area contributed by atoms with Gasteiger partial charge in [0.1, 0.15) is 4.90 Å². The first-order chi connectivity index (χ1) is 10.1. The van der Waals surface area contributed by atoms with E-state index < -0.39 is 10.0 Å². The van der Waals surface area contributed by atoms with Gasteiger partial charge in [0.25, 0.3) is 0 Å². The fourth-order valence-electron chi connectivity index (χ4n) is 2.32. The van der Waals surface area contributed by atoms with Gasteiger partial charge in [-0.25, -0.2) is 13.1 Å². The van der Waals surface area contributed by atoms with E-state index in [0.29, 0.717) is 19.0 Å². The van der Waals surface area contributed by atoms with E-state index in [9.17, 15) is 8.42 Å². The van der Waals surface area contributed by atoms with Crippen LogP contribution in [0.4, 0.5) is 0 Å². The molecule has 1 aliphatic heterocycles. The number of hydrogen-bond donors (Lipinski definition) is 2. The average Bonchev–Trinajstić information content (AvgIpc) is 3.10. The fourth-order valence-corrected chi connectivity index (χ4v) is 3.31. The predicted molar refractivity (Wildman–Crippen MR) is 79.5 cm³/mol. The molecule has 2 N–H and O–H groups in total. The molecule has 120 valence electrons. The minimum absolute atomic E-state index is 0.231. The summed E-state index contributed by atoms with van der Waals surface area (Å²) in [5.74, 6) is 0.469. The molecule has 0 aliphatic carbocycles. The van der Waals surface area contributed by atoms with Crippen molar-refractivity contribution in [2.45, 2.75) is 30.7 Å². The van der Waals surface area contributed by atoms with Gasteiger partial charge in [-0.15, -0.1) is 0 Å². The van der Waals surface area contributed by atoms with E-state index in [1.165, 1.54) is 6.20 Å². The third-order valence-electron chi connectivity index (χ3n) is 3.60. The van der Waals surface area contributed by atoms with Gasteiger partial charge in [-0.2, -0.15) is 5.10 Å². The molecule has 0 bridgehead atoms. The molecule has 0 radical (unpaired) electrons. The third-order valence-corrected chi connectivity index (χ3v) is 5.02. The van der Waals surface area contributed by atoms with E-state index in [2.05, 4.69) is 15.1 Å². The number of ether oxygens (including phenoxy) is 1. The van der Waals surface area contributed by atoms with Crippen LogP contribution in [0.15, 0.2) is 17.3 Å². The molecule has 2 rings (SSSR count). The second kappa shape index (κ2) is 7.88. The normalized spacial score (nSPS) is 19.2. The number of sulfonamides is 1. The summed E-state index contributed by atoms with van der Waals surface area (Å²) < 4.78 is 33.9. The number of nitrogens with zero attached hydrogens (tertiary/aromatic N) is 2. The van der Waals surface area contributed by atoms with Crippen molar-refractivity contribution in [1.29, 1.82) is 0 Å². The van der Waals surface area contributed by atoms with Crippen LogP contribution in [0.1, 0.15) is 19.3 Å². The molecule has 2 heterocycles. The van der Waals surface area contributed by atoms with Gasteiger partial charge in [0.15, 0.2) is 0 Å².